The zero-order valence-corrected chi connectivity index (χ0v) is 24.2. The number of hydrogen-bond acceptors (Lipinski definition) is 5. The molecule has 0 saturated carbocycles. The Morgan fingerprint density at radius 3 is 2.44 bits per heavy atom. The van der Waals surface area contributed by atoms with Crippen LogP contribution >= 0.6 is 19.8 Å². The number of ether oxygens (including phenoxy) is 2. The quantitative estimate of drug-likeness (QED) is 0.131. The van der Waals surface area contributed by atoms with Gasteiger partial charge in [-0.1, -0.05) is 6.07 Å². The fourth-order valence-corrected chi connectivity index (χ4v) is 11.0. The number of para-hydroxylation sites is 1. The summed E-state index contributed by atoms with van der Waals surface area (Å²) in [4.78, 5) is 37.1. The molecule has 1 heterocycles. The van der Waals surface area contributed by atoms with Crippen LogP contribution in [0.15, 0.2) is 66.7 Å². The number of hydrogen-bond donors (Lipinski definition) is 3. The maximum atomic E-state index is 13.4. The number of carbonyl (C=O) groups excluding carboxylic acids is 2. The van der Waals surface area contributed by atoms with E-state index >= 15 is 0 Å². The molecule has 206 valence electrons. The normalized spacial score (nSPS) is 15.7. The number of carboxylic acids is 1. The molecule has 0 spiro atoms. The molecule has 1 saturated heterocycles. The zero-order valence-electron chi connectivity index (χ0n) is 22.0. The molecule has 2 amide bonds. The van der Waals surface area contributed by atoms with Crippen LogP contribution in [0.3, 0.4) is 0 Å². The molecular weight excluding hydrogens is 611 g/mol. The number of urea groups is 1. The second-order valence-electron chi connectivity index (χ2n) is 9.28. The van der Waals surface area contributed by atoms with E-state index in [0.29, 0.717) is 34.0 Å². The predicted molar refractivity (Wildman–Crippen MR) is 161 cm³/mol. The number of aromatic carboxylic acids is 1. The van der Waals surface area contributed by atoms with Gasteiger partial charge in [0.15, 0.2) is 0 Å². The third kappa shape index (κ3) is 7.72. The van der Waals surface area contributed by atoms with Crippen molar-refractivity contribution in [1.29, 1.82) is 0 Å². The summed E-state index contributed by atoms with van der Waals surface area (Å²) < 4.78 is 13.0. The molecule has 0 radical (unpaired) electrons. The Hall–Kier alpha value is -3.60. The Labute approximate surface area is 235 Å². The van der Waals surface area contributed by atoms with Crippen molar-refractivity contribution in [3.05, 3.63) is 83.4 Å². The molecule has 39 heavy (non-hydrogen) atoms. The van der Waals surface area contributed by atoms with Crippen LogP contribution in [0.1, 0.15) is 40.7 Å². The van der Waals surface area contributed by atoms with Gasteiger partial charge in [0.25, 0.3) is 0 Å². The minimum atomic E-state index is -1.97. The summed E-state index contributed by atoms with van der Waals surface area (Å²) in [7, 11) is 1.54. The van der Waals surface area contributed by atoms with Gasteiger partial charge >= 0.3 is 230 Å². The third-order valence-corrected chi connectivity index (χ3v) is 13.5. The number of halogens is 1. The van der Waals surface area contributed by atoms with Crippen LogP contribution in [0.4, 0.5) is 16.2 Å². The fraction of sp³-hybridized carbons (Fsp3) is 0.300. The summed E-state index contributed by atoms with van der Waals surface area (Å²) in [5, 5.41) is 14.8. The average molecular weight is 645 g/mol. The summed E-state index contributed by atoms with van der Waals surface area (Å²) in [5.41, 5.74) is 3.28. The van der Waals surface area contributed by atoms with Gasteiger partial charge in [-0.25, -0.2) is 0 Å². The molecule has 0 unspecified atom stereocenters. The van der Waals surface area contributed by atoms with Crippen LogP contribution in [-0.4, -0.2) is 43.0 Å². The number of carboxylic acid groups (broad SMARTS) is 1. The number of anilines is 2. The van der Waals surface area contributed by atoms with Crippen molar-refractivity contribution in [2.75, 3.05) is 28.8 Å². The van der Waals surface area contributed by atoms with E-state index in [-0.39, 0.29) is 15.5 Å². The fourth-order valence-electron chi connectivity index (χ4n) is 4.39. The molecule has 0 bridgehead atoms. The van der Waals surface area contributed by atoms with Gasteiger partial charge in [-0.05, 0) is 0 Å². The Morgan fingerprint density at radius 2 is 1.72 bits per heavy atom. The van der Waals surface area contributed by atoms with E-state index < -0.39 is 25.8 Å². The summed E-state index contributed by atoms with van der Waals surface area (Å²) in [6.07, 6.45) is 3.47. The molecule has 1 aliphatic rings. The summed E-state index contributed by atoms with van der Waals surface area (Å²) in [6.45, 7) is 2.40. The van der Waals surface area contributed by atoms with E-state index in [4.69, 9.17) is 14.6 Å². The van der Waals surface area contributed by atoms with E-state index in [1.165, 1.54) is 12.1 Å². The van der Waals surface area contributed by atoms with Crippen molar-refractivity contribution in [2.24, 2.45) is 0 Å². The van der Waals surface area contributed by atoms with Crippen molar-refractivity contribution >= 4 is 47.0 Å². The van der Waals surface area contributed by atoms with Crippen LogP contribution in [0.5, 0.6) is 11.5 Å². The van der Waals surface area contributed by atoms with Gasteiger partial charge in [0.05, 0.1) is 0 Å². The SMILES string of the molecule is COc1cc(CC(=O)I2CCCC[C@H]2COc2ccc(C(=O)O)cc2)ccc1NC(=O)Nc1ccccc1C. The van der Waals surface area contributed by atoms with E-state index in [0.717, 1.165) is 40.5 Å². The first-order chi connectivity index (χ1) is 18.8. The first kappa shape index (κ1) is 28.4. The maximum absolute atomic E-state index is 13.4. The van der Waals surface area contributed by atoms with Gasteiger partial charge < -0.3 is 0 Å². The van der Waals surface area contributed by atoms with E-state index in [9.17, 15) is 14.4 Å². The van der Waals surface area contributed by atoms with Crippen molar-refractivity contribution in [3.8, 4) is 11.5 Å². The van der Waals surface area contributed by atoms with Crippen LogP contribution in [0, 0.1) is 6.92 Å². The first-order valence-corrected chi connectivity index (χ1v) is 16.6. The predicted octanol–water partition coefficient (Wildman–Crippen LogP) is 6.55. The van der Waals surface area contributed by atoms with Crippen molar-refractivity contribution in [1.82, 2.24) is 0 Å². The number of nitrogens with one attached hydrogen (secondary N) is 2. The number of aryl methyl sites for hydroxylation is 1. The van der Waals surface area contributed by atoms with Gasteiger partial charge in [-0.2, -0.15) is 0 Å². The second kappa shape index (κ2) is 13.5. The molecule has 4 rings (SSSR count). The number of alkyl halides is 2. The molecule has 0 aliphatic carbocycles. The molecule has 8 nitrogen and oxygen atoms in total. The molecule has 1 atom stereocenters. The Kier molecular flexibility index (Phi) is 9.80. The number of methoxy groups -OCH3 is 1. The van der Waals surface area contributed by atoms with Crippen LogP contribution in [-0.2, 0) is 11.2 Å². The molecule has 3 N–H and O–H groups in total. The summed E-state index contributed by atoms with van der Waals surface area (Å²) >= 11 is -1.97. The molecule has 3 aromatic carbocycles. The second-order valence-corrected chi connectivity index (χ2v) is 15.6. The van der Waals surface area contributed by atoms with Gasteiger partial charge in [0, 0.05) is 0 Å². The van der Waals surface area contributed by atoms with E-state index in [1.807, 2.05) is 43.3 Å². The Bertz CT molecular complexity index is 1330. The van der Waals surface area contributed by atoms with Crippen molar-refractivity contribution < 1.29 is 29.0 Å². The molecular formula is C30H33IN2O6. The van der Waals surface area contributed by atoms with Crippen molar-refractivity contribution in [3.63, 3.8) is 0 Å². The van der Waals surface area contributed by atoms with Crippen molar-refractivity contribution in [2.45, 2.75) is 36.5 Å². The van der Waals surface area contributed by atoms with Gasteiger partial charge in [0.2, 0.25) is 0 Å². The standard InChI is InChI=1S/C30H33IN2O6/c1-20-7-3-4-9-25(20)32-30(37)33-26-15-10-21(17-27(26)38-2)18-28(34)31-16-6-5-8-23(31)19-39-24-13-11-22(12-14-24)29(35)36/h3-4,7,9-15,17,23H,5-6,8,16,18-19H2,1-2H3,(H,35,36)(H2,32,33,37)/t23-/m0/s1. The van der Waals surface area contributed by atoms with Gasteiger partial charge in [0.1, 0.15) is 0 Å². The molecule has 3 aromatic rings. The zero-order chi connectivity index (χ0) is 27.8. The van der Waals surface area contributed by atoms with Gasteiger partial charge in [-0.15, -0.1) is 0 Å². The third-order valence-electron chi connectivity index (χ3n) is 6.53. The average Bonchev–Trinajstić information content (AvgIpc) is 2.94. The molecule has 1 aliphatic heterocycles. The van der Waals surface area contributed by atoms with Crippen LogP contribution in [0.25, 0.3) is 0 Å². The topological polar surface area (TPSA) is 114 Å². The summed E-state index contributed by atoms with van der Waals surface area (Å²) in [5.74, 6) is 0.143. The van der Waals surface area contributed by atoms with E-state index in [1.54, 1.807) is 25.3 Å². The monoisotopic (exact) mass is 644 g/mol. The van der Waals surface area contributed by atoms with E-state index in [2.05, 4.69) is 10.6 Å². The number of rotatable bonds is 10. The first-order valence-electron chi connectivity index (χ1n) is 12.8. The molecule has 1 fully saturated rings. The van der Waals surface area contributed by atoms with Gasteiger partial charge in [-0.3, -0.25) is 0 Å². The van der Waals surface area contributed by atoms with Crippen LogP contribution < -0.4 is 20.1 Å². The van der Waals surface area contributed by atoms with Crippen LogP contribution in [0.2, 0.25) is 0 Å². The number of benzene rings is 3. The molecule has 0 aromatic heterocycles. The minimum absolute atomic E-state index is 0.215. The molecule has 9 heteroatoms. The summed E-state index contributed by atoms with van der Waals surface area (Å²) in [6, 6.07) is 19.0. The number of carbonyl (C=O) groups is 3. The Morgan fingerprint density at radius 1 is 0.974 bits per heavy atom. The Balaban J connectivity index is 1.37. The number of amides is 2.